The number of nitrogens with two attached hydrogens (primary N) is 2. The fourth-order valence-electron chi connectivity index (χ4n) is 2.70. The van der Waals surface area contributed by atoms with Crippen LogP contribution in [0.15, 0.2) is 41.4 Å². The topological polar surface area (TPSA) is 180 Å². The number of hydrogen-bond donors (Lipinski definition) is 6. The number of aryl methyl sites for hydroxylation is 2. The van der Waals surface area contributed by atoms with E-state index in [0.717, 1.165) is 5.56 Å². The standard InChI is InChI=1S/C20H23N5O5/c1-11-7-12(5-6-17(27)28)18(29)15(8-11)25-16(26)10-23-19(30)13-3-2-4-14(9-13)24-20(21)22/h2-4,7-9,29H,5-6,10H2,1H3,(H,23,30)(H,25,26)(H,27,28)(H4,21,22,24). The number of phenols is 1. The van der Waals surface area contributed by atoms with Crippen molar-refractivity contribution in [2.24, 2.45) is 16.5 Å². The summed E-state index contributed by atoms with van der Waals surface area (Å²) in [5.41, 5.74) is 12.6. The van der Waals surface area contributed by atoms with Gasteiger partial charge in [-0.2, -0.15) is 0 Å². The zero-order valence-electron chi connectivity index (χ0n) is 16.3. The van der Waals surface area contributed by atoms with Crippen LogP contribution >= 0.6 is 0 Å². The van der Waals surface area contributed by atoms with E-state index in [1.54, 1.807) is 37.3 Å². The second-order valence-corrected chi connectivity index (χ2v) is 6.53. The lowest BCUT2D eigenvalue weighted by Gasteiger charge is -2.13. The molecule has 0 heterocycles. The number of benzene rings is 2. The molecule has 0 bridgehead atoms. The Kier molecular flexibility index (Phi) is 7.34. The molecule has 0 aliphatic carbocycles. The molecule has 10 heteroatoms. The van der Waals surface area contributed by atoms with Crippen molar-refractivity contribution < 1.29 is 24.6 Å². The van der Waals surface area contributed by atoms with Gasteiger partial charge in [-0.1, -0.05) is 12.1 Å². The first-order valence-electron chi connectivity index (χ1n) is 8.97. The number of nitrogens with one attached hydrogen (secondary N) is 2. The van der Waals surface area contributed by atoms with E-state index in [4.69, 9.17) is 16.6 Å². The van der Waals surface area contributed by atoms with Crippen LogP contribution in [0.4, 0.5) is 11.4 Å². The van der Waals surface area contributed by atoms with E-state index in [1.165, 1.54) is 6.07 Å². The highest BCUT2D eigenvalue weighted by Gasteiger charge is 2.14. The van der Waals surface area contributed by atoms with Crippen molar-refractivity contribution in [3.8, 4) is 5.75 Å². The van der Waals surface area contributed by atoms with Crippen molar-refractivity contribution in [1.82, 2.24) is 5.32 Å². The summed E-state index contributed by atoms with van der Waals surface area (Å²) < 4.78 is 0. The molecular formula is C20H23N5O5. The quantitative estimate of drug-likeness (QED) is 0.212. The number of carboxylic acid groups (broad SMARTS) is 1. The zero-order chi connectivity index (χ0) is 22.3. The number of aliphatic carboxylic acids is 1. The van der Waals surface area contributed by atoms with Crippen molar-refractivity contribution in [2.45, 2.75) is 19.8 Å². The van der Waals surface area contributed by atoms with Gasteiger partial charge in [0.1, 0.15) is 5.75 Å². The molecule has 10 nitrogen and oxygen atoms in total. The first-order chi connectivity index (χ1) is 14.2. The number of carbonyl (C=O) groups is 3. The summed E-state index contributed by atoms with van der Waals surface area (Å²) in [6.07, 6.45) is -0.0338. The molecule has 2 amide bonds. The monoisotopic (exact) mass is 413 g/mol. The molecule has 0 fully saturated rings. The average molecular weight is 413 g/mol. The van der Waals surface area contributed by atoms with Gasteiger partial charge in [0.2, 0.25) is 5.91 Å². The second-order valence-electron chi connectivity index (χ2n) is 6.53. The average Bonchev–Trinajstić information content (AvgIpc) is 2.67. The summed E-state index contributed by atoms with van der Waals surface area (Å²) in [5.74, 6) is -2.41. The van der Waals surface area contributed by atoms with Gasteiger partial charge >= 0.3 is 5.97 Å². The Bertz CT molecular complexity index is 999. The third-order valence-electron chi connectivity index (χ3n) is 3.99. The molecule has 0 aliphatic heterocycles. The van der Waals surface area contributed by atoms with Crippen molar-refractivity contribution in [3.63, 3.8) is 0 Å². The summed E-state index contributed by atoms with van der Waals surface area (Å²) in [4.78, 5) is 39.1. The molecule has 0 saturated heterocycles. The number of rotatable bonds is 8. The number of carboxylic acids is 1. The van der Waals surface area contributed by atoms with Gasteiger partial charge in [0.05, 0.1) is 17.9 Å². The zero-order valence-corrected chi connectivity index (χ0v) is 16.3. The summed E-state index contributed by atoms with van der Waals surface area (Å²) in [5, 5.41) is 24.1. The number of amides is 2. The number of aromatic hydroxyl groups is 1. The van der Waals surface area contributed by atoms with Crippen molar-refractivity contribution in [3.05, 3.63) is 53.1 Å². The van der Waals surface area contributed by atoms with Crippen LogP contribution in [0.2, 0.25) is 0 Å². The predicted octanol–water partition coefficient (Wildman–Crippen LogP) is 0.991. The smallest absolute Gasteiger partial charge is 0.303 e. The van der Waals surface area contributed by atoms with E-state index in [9.17, 15) is 19.5 Å². The number of phenolic OH excluding ortho intramolecular Hbond substituents is 1. The summed E-state index contributed by atoms with van der Waals surface area (Å²) in [6, 6.07) is 9.43. The van der Waals surface area contributed by atoms with E-state index in [2.05, 4.69) is 15.6 Å². The van der Waals surface area contributed by atoms with Gasteiger partial charge in [-0.15, -0.1) is 0 Å². The normalized spacial score (nSPS) is 10.2. The number of carbonyl (C=O) groups excluding carboxylic acids is 2. The molecule has 30 heavy (non-hydrogen) atoms. The van der Waals surface area contributed by atoms with Crippen LogP contribution in [0.5, 0.6) is 5.75 Å². The summed E-state index contributed by atoms with van der Waals surface area (Å²) in [7, 11) is 0. The third-order valence-corrected chi connectivity index (χ3v) is 3.99. The fraction of sp³-hybridized carbons (Fsp3) is 0.200. The summed E-state index contributed by atoms with van der Waals surface area (Å²) in [6.45, 7) is 1.41. The lowest BCUT2D eigenvalue weighted by molar-refractivity contribution is -0.137. The Balaban J connectivity index is 2.02. The van der Waals surface area contributed by atoms with Crippen LogP contribution in [0, 0.1) is 6.92 Å². The number of aliphatic imine (C=N–C) groups is 1. The maximum Gasteiger partial charge on any atom is 0.303 e. The molecule has 0 aliphatic rings. The van der Waals surface area contributed by atoms with Gasteiger partial charge < -0.3 is 32.3 Å². The number of anilines is 1. The largest absolute Gasteiger partial charge is 0.505 e. The Labute approximate surface area is 172 Å². The molecule has 2 aromatic rings. The SMILES string of the molecule is Cc1cc(CCC(=O)O)c(O)c(NC(=O)CNC(=O)c2cccc(N=C(N)N)c2)c1. The lowest BCUT2D eigenvalue weighted by atomic mass is 10.0. The molecule has 2 aromatic carbocycles. The maximum absolute atomic E-state index is 12.3. The Morgan fingerprint density at radius 2 is 1.87 bits per heavy atom. The Hall–Kier alpha value is -4.08. The lowest BCUT2D eigenvalue weighted by Crippen LogP contribution is -2.32. The van der Waals surface area contributed by atoms with Crippen LogP contribution in [-0.4, -0.2) is 40.5 Å². The number of hydrogen-bond acceptors (Lipinski definition) is 5. The number of guanidine groups is 1. The second kappa shape index (κ2) is 9.92. The number of nitrogens with zero attached hydrogens (tertiary/aromatic N) is 1. The van der Waals surface area contributed by atoms with Crippen LogP contribution in [0.3, 0.4) is 0 Å². The molecule has 0 aromatic heterocycles. The molecule has 8 N–H and O–H groups in total. The van der Waals surface area contributed by atoms with Gasteiger partial charge in [0.15, 0.2) is 5.96 Å². The molecule has 0 radical (unpaired) electrons. The minimum absolute atomic E-state index is 0.120. The van der Waals surface area contributed by atoms with Gasteiger partial charge in [-0.3, -0.25) is 14.4 Å². The first kappa shape index (κ1) is 22.2. The van der Waals surface area contributed by atoms with Crippen LogP contribution in [0.25, 0.3) is 0 Å². The molecular weight excluding hydrogens is 390 g/mol. The highest BCUT2D eigenvalue weighted by atomic mass is 16.4. The Morgan fingerprint density at radius 3 is 2.53 bits per heavy atom. The molecule has 2 rings (SSSR count). The van der Waals surface area contributed by atoms with E-state index in [0.29, 0.717) is 11.3 Å². The van der Waals surface area contributed by atoms with Gasteiger partial charge in [0, 0.05) is 12.0 Å². The van der Waals surface area contributed by atoms with Crippen LogP contribution in [-0.2, 0) is 16.0 Å². The minimum Gasteiger partial charge on any atom is -0.505 e. The van der Waals surface area contributed by atoms with Crippen LogP contribution in [0.1, 0.15) is 27.9 Å². The van der Waals surface area contributed by atoms with E-state index in [1.807, 2.05) is 0 Å². The minimum atomic E-state index is -0.992. The highest BCUT2D eigenvalue weighted by molar-refractivity contribution is 6.00. The molecule has 0 atom stereocenters. The molecule has 158 valence electrons. The molecule has 0 saturated carbocycles. The highest BCUT2D eigenvalue weighted by Crippen LogP contribution is 2.30. The summed E-state index contributed by atoms with van der Waals surface area (Å²) >= 11 is 0. The fourth-order valence-corrected chi connectivity index (χ4v) is 2.70. The van der Waals surface area contributed by atoms with Crippen molar-refractivity contribution >= 4 is 35.1 Å². The van der Waals surface area contributed by atoms with E-state index >= 15 is 0 Å². The van der Waals surface area contributed by atoms with Crippen LogP contribution < -0.4 is 22.1 Å². The van der Waals surface area contributed by atoms with Crippen molar-refractivity contribution in [2.75, 3.05) is 11.9 Å². The molecule has 0 spiro atoms. The Morgan fingerprint density at radius 1 is 1.13 bits per heavy atom. The molecule has 0 unspecified atom stereocenters. The van der Waals surface area contributed by atoms with E-state index in [-0.39, 0.29) is 42.3 Å². The third kappa shape index (κ3) is 6.51. The van der Waals surface area contributed by atoms with E-state index < -0.39 is 17.8 Å². The van der Waals surface area contributed by atoms with Gasteiger partial charge in [-0.25, -0.2) is 4.99 Å². The maximum atomic E-state index is 12.3. The predicted molar refractivity (Wildman–Crippen MR) is 112 cm³/mol. The van der Waals surface area contributed by atoms with Gasteiger partial charge in [0.25, 0.3) is 5.91 Å². The van der Waals surface area contributed by atoms with Crippen molar-refractivity contribution in [1.29, 1.82) is 0 Å². The van der Waals surface area contributed by atoms with Gasteiger partial charge in [-0.05, 0) is 48.7 Å². The first-order valence-corrected chi connectivity index (χ1v) is 8.97.